The molecule has 0 bridgehead atoms. The van der Waals surface area contributed by atoms with E-state index in [-0.39, 0.29) is 5.91 Å². The molecule has 4 heteroatoms. The quantitative estimate of drug-likeness (QED) is 0.922. The van der Waals surface area contributed by atoms with Crippen LogP contribution in [-0.4, -0.2) is 41.6 Å². The lowest BCUT2D eigenvalue weighted by Crippen LogP contribution is -2.52. The molecule has 2 saturated heterocycles. The lowest BCUT2D eigenvalue weighted by Gasteiger charge is -2.45. The first-order valence-corrected chi connectivity index (χ1v) is 8.99. The van der Waals surface area contributed by atoms with Crippen LogP contribution >= 0.6 is 0 Å². The second-order valence-corrected chi connectivity index (χ2v) is 7.25. The van der Waals surface area contributed by atoms with Crippen molar-refractivity contribution in [1.82, 2.24) is 14.8 Å². The molecule has 1 aromatic carbocycles. The lowest BCUT2D eigenvalue weighted by atomic mass is 9.74. The predicted octanol–water partition coefficient (Wildman–Crippen LogP) is 3.08. The van der Waals surface area contributed by atoms with E-state index in [2.05, 4.69) is 14.8 Å². The number of piperidine rings is 2. The highest BCUT2D eigenvalue weighted by Gasteiger charge is 2.38. The minimum Gasteiger partial charge on any atom is -0.338 e. The van der Waals surface area contributed by atoms with E-state index in [0.717, 1.165) is 43.9 Å². The number of amides is 1. The van der Waals surface area contributed by atoms with E-state index in [9.17, 15) is 4.79 Å². The molecular weight excluding hydrogens is 298 g/mol. The maximum Gasteiger partial charge on any atom is 0.253 e. The molecule has 1 aromatic heterocycles. The summed E-state index contributed by atoms with van der Waals surface area (Å²) in [4.78, 5) is 15.0. The summed E-state index contributed by atoms with van der Waals surface area (Å²) in [6.45, 7) is 3.97. The van der Waals surface area contributed by atoms with Gasteiger partial charge in [0.2, 0.25) is 0 Å². The molecule has 0 radical (unpaired) electrons. The summed E-state index contributed by atoms with van der Waals surface area (Å²) in [5.41, 5.74) is 2.19. The Kier molecular flexibility index (Phi) is 4.15. The standard InChI is InChI=1S/C20H25N3O/c24-19(17-5-7-18(8-6-17)22-12-1-2-13-22)23-14-4-10-20(16-23)9-3-11-21-15-20/h1-2,5-8,12-13,21H,3-4,9-11,14-16H2. The number of hydrogen-bond acceptors (Lipinski definition) is 2. The molecule has 1 amide bonds. The molecule has 1 spiro atoms. The normalized spacial score (nSPS) is 24.2. The van der Waals surface area contributed by atoms with Gasteiger partial charge in [0.15, 0.2) is 0 Å². The minimum absolute atomic E-state index is 0.179. The van der Waals surface area contributed by atoms with Gasteiger partial charge in [-0.2, -0.15) is 0 Å². The molecule has 126 valence electrons. The molecule has 2 aliphatic rings. The maximum atomic E-state index is 12.9. The van der Waals surface area contributed by atoms with E-state index in [1.165, 1.54) is 19.3 Å². The van der Waals surface area contributed by atoms with Crippen molar-refractivity contribution < 1.29 is 4.79 Å². The number of benzene rings is 1. The summed E-state index contributed by atoms with van der Waals surface area (Å²) >= 11 is 0. The van der Waals surface area contributed by atoms with Crippen LogP contribution in [0.1, 0.15) is 36.0 Å². The molecular formula is C20H25N3O. The fraction of sp³-hybridized carbons (Fsp3) is 0.450. The van der Waals surface area contributed by atoms with Gasteiger partial charge in [-0.3, -0.25) is 4.79 Å². The van der Waals surface area contributed by atoms with E-state index < -0.39 is 0 Å². The molecule has 1 N–H and O–H groups in total. The van der Waals surface area contributed by atoms with Crippen molar-refractivity contribution in [3.05, 3.63) is 54.4 Å². The average molecular weight is 323 g/mol. The molecule has 0 aliphatic carbocycles. The Balaban J connectivity index is 1.48. The van der Waals surface area contributed by atoms with Crippen LogP contribution in [0.2, 0.25) is 0 Å². The van der Waals surface area contributed by atoms with Gasteiger partial charge < -0.3 is 14.8 Å². The van der Waals surface area contributed by atoms with Crippen LogP contribution in [0.3, 0.4) is 0 Å². The smallest absolute Gasteiger partial charge is 0.253 e. The number of nitrogens with zero attached hydrogens (tertiary/aromatic N) is 2. The topological polar surface area (TPSA) is 37.3 Å². The Labute approximate surface area is 143 Å². The molecule has 4 rings (SSSR count). The molecule has 2 aromatic rings. The monoisotopic (exact) mass is 323 g/mol. The number of nitrogens with one attached hydrogen (secondary N) is 1. The zero-order chi connectivity index (χ0) is 16.4. The second kappa shape index (κ2) is 6.44. The van der Waals surface area contributed by atoms with Crippen LogP contribution in [-0.2, 0) is 0 Å². The molecule has 2 fully saturated rings. The van der Waals surface area contributed by atoms with Crippen molar-refractivity contribution in [2.75, 3.05) is 26.2 Å². The van der Waals surface area contributed by atoms with Gasteiger partial charge in [0.25, 0.3) is 5.91 Å². The molecule has 3 heterocycles. The number of aromatic nitrogens is 1. The van der Waals surface area contributed by atoms with Crippen LogP contribution in [0.15, 0.2) is 48.8 Å². The predicted molar refractivity (Wildman–Crippen MR) is 95.4 cm³/mol. The molecule has 1 atom stereocenters. The maximum absolute atomic E-state index is 12.9. The summed E-state index contributed by atoms with van der Waals surface area (Å²) in [5, 5.41) is 3.53. The Morgan fingerprint density at radius 3 is 2.50 bits per heavy atom. The van der Waals surface area contributed by atoms with Crippen molar-refractivity contribution in [3.8, 4) is 5.69 Å². The number of carbonyl (C=O) groups is 1. The van der Waals surface area contributed by atoms with Crippen molar-refractivity contribution >= 4 is 5.91 Å². The molecule has 2 aliphatic heterocycles. The van der Waals surface area contributed by atoms with E-state index in [1.807, 2.05) is 48.8 Å². The summed E-state index contributed by atoms with van der Waals surface area (Å²) < 4.78 is 2.05. The highest BCUT2D eigenvalue weighted by Crippen LogP contribution is 2.36. The first-order valence-electron chi connectivity index (χ1n) is 8.99. The van der Waals surface area contributed by atoms with Crippen LogP contribution in [0, 0.1) is 5.41 Å². The van der Waals surface area contributed by atoms with Crippen LogP contribution in [0.25, 0.3) is 5.69 Å². The van der Waals surface area contributed by atoms with Gasteiger partial charge in [0, 0.05) is 48.7 Å². The first kappa shape index (κ1) is 15.5. The van der Waals surface area contributed by atoms with Crippen molar-refractivity contribution in [2.45, 2.75) is 25.7 Å². The number of likely N-dealkylation sites (tertiary alicyclic amines) is 1. The fourth-order valence-electron chi connectivity index (χ4n) is 4.23. The van der Waals surface area contributed by atoms with Crippen molar-refractivity contribution in [2.24, 2.45) is 5.41 Å². The van der Waals surface area contributed by atoms with Crippen molar-refractivity contribution in [1.29, 1.82) is 0 Å². The summed E-state index contributed by atoms with van der Waals surface area (Å²) in [6, 6.07) is 12.0. The highest BCUT2D eigenvalue weighted by molar-refractivity contribution is 5.94. The molecule has 24 heavy (non-hydrogen) atoms. The van der Waals surface area contributed by atoms with Gasteiger partial charge in [0.1, 0.15) is 0 Å². The van der Waals surface area contributed by atoms with E-state index in [4.69, 9.17) is 0 Å². The van der Waals surface area contributed by atoms with Crippen LogP contribution in [0.5, 0.6) is 0 Å². The SMILES string of the molecule is O=C(c1ccc(-n2cccc2)cc1)N1CCCC2(CCCNC2)C1. The second-order valence-electron chi connectivity index (χ2n) is 7.25. The van der Waals surface area contributed by atoms with Gasteiger partial charge in [-0.05, 0) is 68.6 Å². The third-order valence-corrected chi connectivity index (χ3v) is 5.53. The average Bonchev–Trinajstić information content (AvgIpc) is 3.17. The third kappa shape index (κ3) is 2.98. The van der Waals surface area contributed by atoms with Gasteiger partial charge in [-0.25, -0.2) is 0 Å². The minimum atomic E-state index is 0.179. The van der Waals surface area contributed by atoms with E-state index in [0.29, 0.717) is 5.41 Å². The lowest BCUT2D eigenvalue weighted by molar-refractivity contribution is 0.0434. The fourth-order valence-corrected chi connectivity index (χ4v) is 4.23. The zero-order valence-electron chi connectivity index (χ0n) is 14.1. The van der Waals surface area contributed by atoms with Gasteiger partial charge in [0.05, 0.1) is 0 Å². The number of hydrogen-bond donors (Lipinski definition) is 1. The third-order valence-electron chi connectivity index (χ3n) is 5.53. The summed E-state index contributed by atoms with van der Waals surface area (Å²) in [7, 11) is 0. The van der Waals surface area contributed by atoms with Gasteiger partial charge in [-0.15, -0.1) is 0 Å². The van der Waals surface area contributed by atoms with Crippen molar-refractivity contribution in [3.63, 3.8) is 0 Å². The Morgan fingerprint density at radius 2 is 1.79 bits per heavy atom. The molecule has 1 unspecified atom stereocenters. The van der Waals surface area contributed by atoms with Crippen LogP contribution in [0.4, 0.5) is 0 Å². The Bertz CT molecular complexity index is 679. The van der Waals surface area contributed by atoms with E-state index in [1.54, 1.807) is 0 Å². The summed E-state index contributed by atoms with van der Waals surface area (Å²) in [5.74, 6) is 0.179. The highest BCUT2D eigenvalue weighted by atomic mass is 16.2. The van der Waals surface area contributed by atoms with E-state index >= 15 is 0 Å². The zero-order valence-corrected chi connectivity index (χ0v) is 14.1. The Hall–Kier alpha value is -2.07. The number of rotatable bonds is 2. The Morgan fingerprint density at radius 1 is 1.04 bits per heavy atom. The molecule has 4 nitrogen and oxygen atoms in total. The van der Waals surface area contributed by atoms with Gasteiger partial charge >= 0.3 is 0 Å². The summed E-state index contributed by atoms with van der Waals surface area (Å²) in [6.07, 6.45) is 8.87. The molecule has 0 saturated carbocycles. The van der Waals surface area contributed by atoms with Crippen LogP contribution < -0.4 is 5.32 Å². The first-order chi connectivity index (χ1) is 11.8. The largest absolute Gasteiger partial charge is 0.338 e. The number of carbonyl (C=O) groups excluding carboxylic acids is 1. The van der Waals surface area contributed by atoms with Gasteiger partial charge in [-0.1, -0.05) is 0 Å².